The number of imidazole rings is 1. The second-order valence-corrected chi connectivity index (χ2v) is 18.8. The summed E-state index contributed by atoms with van der Waals surface area (Å²) in [5.74, 6) is 3.87. The Bertz CT molecular complexity index is 2690. The normalized spacial score (nSPS) is 19.5. The molecule has 374 valence electrons. The SMILES string of the molecule is C#CC(N/C(=C\C)c1ccc(-c2ccc(-c3cnc([C@@H]4CCCN4C(=O)[C@@H](NC(=O)OC)C(C)C)[nH]3)cc2)cc1)[C@H]1C[C@H](OC(=O)N2Cc3ccc4c(c3C2)OCO4)CN1C(=O)[C@@H](NC(=O)OC)C(C)C. The zero-order valence-electron chi connectivity index (χ0n) is 41.2. The van der Waals surface area contributed by atoms with Crippen LogP contribution in [0.3, 0.4) is 0 Å². The Labute approximate surface area is 413 Å². The molecule has 18 nitrogen and oxygen atoms in total. The zero-order valence-corrected chi connectivity index (χ0v) is 41.2. The fraction of sp³-hybridized carbons (Fsp3) is 0.434. The molecule has 4 N–H and O–H groups in total. The van der Waals surface area contributed by atoms with Crippen LogP contribution in [0.1, 0.15) is 82.4 Å². The molecule has 2 saturated heterocycles. The molecule has 0 aliphatic carbocycles. The van der Waals surface area contributed by atoms with E-state index in [1.54, 1.807) is 20.9 Å². The van der Waals surface area contributed by atoms with Crippen molar-refractivity contribution in [3.8, 4) is 46.2 Å². The lowest BCUT2D eigenvalue weighted by Crippen LogP contribution is -2.56. The van der Waals surface area contributed by atoms with Gasteiger partial charge in [0.2, 0.25) is 18.6 Å². The van der Waals surface area contributed by atoms with Gasteiger partial charge in [0, 0.05) is 30.8 Å². The third kappa shape index (κ3) is 10.6. The van der Waals surface area contributed by atoms with Crippen LogP contribution >= 0.6 is 0 Å². The molecule has 4 aliphatic rings. The molecule has 71 heavy (non-hydrogen) atoms. The van der Waals surface area contributed by atoms with Crippen molar-refractivity contribution in [2.45, 2.75) is 103 Å². The molecule has 5 heterocycles. The third-order valence-corrected chi connectivity index (χ3v) is 13.7. The Morgan fingerprint density at radius 3 is 2.08 bits per heavy atom. The first-order valence-corrected chi connectivity index (χ1v) is 24.0. The lowest BCUT2D eigenvalue weighted by molar-refractivity contribution is -0.136. The Hall–Kier alpha value is -7.68. The van der Waals surface area contributed by atoms with E-state index in [0.29, 0.717) is 37.0 Å². The number of aromatic amines is 1. The molecule has 0 radical (unpaired) electrons. The number of nitrogens with one attached hydrogen (secondary N) is 4. The highest BCUT2D eigenvalue weighted by atomic mass is 16.7. The molecule has 1 unspecified atom stereocenters. The molecule has 18 heteroatoms. The Kier molecular flexibility index (Phi) is 15.1. The Balaban J connectivity index is 0.940. The molecule has 1 aromatic heterocycles. The second-order valence-electron chi connectivity index (χ2n) is 18.8. The van der Waals surface area contributed by atoms with Gasteiger partial charge in [-0.25, -0.2) is 19.4 Å². The van der Waals surface area contributed by atoms with Crippen molar-refractivity contribution >= 4 is 35.8 Å². The van der Waals surface area contributed by atoms with Gasteiger partial charge in [0.1, 0.15) is 30.1 Å². The smallest absolute Gasteiger partial charge is 0.410 e. The number of hydrogen-bond acceptors (Lipinski definition) is 12. The molecule has 5 amide bonds. The first-order valence-electron chi connectivity index (χ1n) is 24.0. The molecule has 0 bridgehead atoms. The number of carbonyl (C=O) groups excluding carboxylic acids is 5. The minimum Gasteiger partial charge on any atom is -0.454 e. The van der Waals surface area contributed by atoms with Crippen molar-refractivity contribution in [1.82, 2.24) is 40.6 Å². The van der Waals surface area contributed by atoms with Gasteiger partial charge in [-0.2, -0.15) is 0 Å². The number of fused-ring (bicyclic) bond motifs is 3. The van der Waals surface area contributed by atoms with Gasteiger partial charge in [0.05, 0.1) is 51.3 Å². The molecule has 2 fully saturated rings. The summed E-state index contributed by atoms with van der Waals surface area (Å²) in [6, 6.07) is 16.7. The average molecular weight is 971 g/mol. The van der Waals surface area contributed by atoms with Crippen molar-refractivity contribution in [1.29, 1.82) is 0 Å². The molecule has 0 saturated carbocycles. The van der Waals surface area contributed by atoms with E-state index in [-0.39, 0.29) is 49.5 Å². The van der Waals surface area contributed by atoms with Crippen molar-refractivity contribution in [2.24, 2.45) is 11.8 Å². The number of ether oxygens (including phenoxy) is 5. The van der Waals surface area contributed by atoms with Crippen molar-refractivity contribution < 1.29 is 47.7 Å². The van der Waals surface area contributed by atoms with E-state index in [0.717, 1.165) is 57.6 Å². The van der Waals surface area contributed by atoms with Gasteiger partial charge >= 0.3 is 18.3 Å². The number of aromatic nitrogens is 2. The van der Waals surface area contributed by atoms with Gasteiger partial charge in [-0.1, -0.05) is 94.3 Å². The van der Waals surface area contributed by atoms with Crippen molar-refractivity contribution in [3.63, 3.8) is 0 Å². The highest BCUT2D eigenvalue weighted by molar-refractivity contribution is 5.87. The minimum atomic E-state index is -0.933. The van der Waals surface area contributed by atoms with Crippen LogP contribution in [0.15, 0.2) is 72.9 Å². The summed E-state index contributed by atoms with van der Waals surface area (Å²) >= 11 is 0. The number of terminal acetylenes is 1. The number of nitrogens with zero attached hydrogens (tertiary/aromatic N) is 4. The van der Waals surface area contributed by atoms with Crippen LogP contribution in [0, 0.1) is 24.2 Å². The van der Waals surface area contributed by atoms with Gasteiger partial charge in [-0.3, -0.25) is 14.5 Å². The van der Waals surface area contributed by atoms with Crippen LogP contribution in [-0.4, -0.2) is 119 Å². The topological polar surface area (TPSA) is 206 Å². The van der Waals surface area contributed by atoms with E-state index >= 15 is 0 Å². The monoisotopic (exact) mass is 970 g/mol. The van der Waals surface area contributed by atoms with Gasteiger partial charge in [-0.15, -0.1) is 6.42 Å². The number of amides is 5. The predicted molar refractivity (Wildman–Crippen MR) is 263 cm³/mol. The van der Waals surface area contributed by atoms with Crippen LogP contribution in [0.25, 0.3) is 28.1 Å². The summed E-state index contributed by atoms with van der Waals surface area (Å²) in [5, 5.41) is 8.88. The molecule has 0 spiro atoms. The average Bonchev–Trinajstić information content (AvgIpc) is 4.24. The zero-order chi connectivity index (χ0) is 50.5. The Morgan fingerprint density at radius 2 is 1.46 bits per heavy atom. The second kappa shape index (κ2) is 21.5. The first-order chi connectivity index (χ1) is 34.2. The van der Waals surface area contributed by atoms with Crippen molar-refractivity contribution in [3.05, 3.63) is 95.5 Å². The van der Waals surface area contributed by atoms with Gasteiger partial charge in [0.15, 0.2) is 11.5 Å². The lowest BCUT2D eigenvalue weighted by atomic mass is 9.99. The van der Waals surface area contributed by atoms with Gasteiger partial charge in [0.25, 0.3) is 0 Å². The summed E-state index contributed by atoms with van der Waals surface area (Å²) in [5.41, 5.74) is 7.15. The fourth-order valence-electron chi connectivity index (χ4n) is 9.83. The largest absolute Gasteiger partial charge is 0.454 e. The number of alkyl carbamates (subject to hydrolysis) is 2. The summed E-state index contributed by atoms with van der Waals surface area (Å²) in [7, 11) is 2.52. The lowest BCUT2D eigenvalue weighted by Gasteiger charge is -2.33. The number of H-pyrrole nitrogens is 1. The number of methoxy groups -OCH3 is 2. The molecule has 8 rings (SSSR count). The third-order valence-electron chi connectivity index (χ3n) is 13.7. The van der Waals surface area contributed by atoms with E-state index in [2.05, 4.69) is 31.8 Å². The quantitative estimate of drug-likeness (QED) is 0.0747. The maximum atomic E-state index is 14.4. The molecule has 4 aliphatic heterocycles. The molecule has 3 aromatic carbocycles. The number of benzene rings is 3. The fourth-order valence-corrected chi connectivity index (χ4v) is 9.83. The maximum Gasteiger partial charge on any atom is 0.410 e. The number of likely N-dealkylation sites (tertiary alicyclic amines) is 2. The van der Waals surface area contributed by atoms with Crippen LogP contribution in [0.5, 0.6) is 11.5 Å². The highest BCUT2D eigenvalue weighted by Crippen LogP contribution is 2.42. The number of hydrogen-bond donors (Lipinski definition) is 4. The first kappa shape index (κ1) is 49.7. The van der Waals surface area contributed by atoms with Gasteiger partial charge in [-0.05, 0) is 65.5 Å². The molecular weight excluding hydrogens is 909 g/mol. The Morgan fingerprint density at radius 1 is 0.831 bits per heavy atom. The standard InChI is InChI=1S/C53H62N8O10/c1-9-39(34-17-13-32(14-18-34)33-15-19-35(20-16-33)41-25-54-48(56-41)42-12-11-23-60(42)49(62)45(30(3)4)57-51(64)67-7)55-40(10-2)43-24-37(27-61(43)50(63)46(31(5)6)58-52(65)68-8)71-53(66)59-26-36-21-22-44-47(38(36)28-59)70-29-69-44/h2,9,13-22,25,30-31,37,40,42-43,45-46,55H,11-12,23-24,26-29H2,1,3-8H3,(H,54,56)(H,57,64)(H,58,65)/b39-9-/t37-,40?,42-,43+,45-,46-/m0/s1. The van der Waals surface area contributed by atoms with Crippen LogP contribution < -0.4 is 25.4 Å². The summed E-state index contributed by atoms with van der Waals surface area (Å²) in [6.07, 6.45) is 9.18. The van der Waals surface area contributed by atoms with E-state index in [4.69, 9.17) is 30.1 Å². The van der Waals surface area contributed by atoms with Crippen molar-refractivity contribution in [2.75, 3.05) is 34.1 Å². The maximum absolute atomic E-state index is 14.4. The molecular formula is C53H62N8O10. The van der Waals surface area contributed by atoms with E-state index in [1.165, 1.54) is 14.2 Å². The molecule has 6 atom stereocenters. The summed E-state index contributed by atoms with van der Waals surface area (Å²) in [4.78, 5) is 79.4. The van der Waals surface area contributed by atoms with E-state index < -0.39 is 48.6 Å². The van der Waals surface area contributed by atoms with Crippen LogP contribution in [-0.2, 0) is 36.9 Å². The summed E-state index contributed by atoms with van der Waals surface area (Å²) in [6.45, 7) is 10.7. The molecule has 4 aromatic rings. The van der Waals surface area contributed by atoms with Gasteiger partial charge < -0.3 is 54.4 Å². The van der Waals surface area contributed by atoms with E-state index in [9.17, 15) is 24.0 Å². The predicted octanol–water partition coefficient (Wildman–Crippen LogP) is 6.97. The van der Waals surface area contributed by atoms with Crippen LogP contribution in [0.4, 0.5) is 14.4 Å². The minimum absolute atomic E-state index is 0.0606. The number of rotatable bonds is 14. The van der Waals surface area contributed by atoms with E-state index in [1.807, 2.05) is 101 Å². The highest BCUT2D eigenvalue weighted by Gasteiger charge is 2.45. The summed E-state index contributed by atoms with van der Waals surface area (Å²) < 4.78 is 27.0. The van der Waals surface area contributed by atoms with Crippen LogP contribution in [0.2, 0.25) is 0 Å². The number of allylic oxidation sites excluding steroid dienone is 1. The number of carbonyl (C=O) groups is 5.